The Hall–Kier alpha value is -2.51. The van der Waals surface area contributed by atoms with Crippen LogP contribution in [0.1, 0.15) is 35.8 Å². The van der Waals surface area contributed by atoms with Crippen LogP contribution in [0.25, 0.3) is 5.69 Å². The van der Waals surface area contributed by atoms with Crippen molar-refractivity contribution in [1.29, 1.82) is 0 Å². The van der Waals surface area contributed by atoms with E-state index in [0.29, 0.717) is 11.8 Å². The predicted octanol–water partition coefficient (Wildman–Crippen LogP) is 2.52. The molecule has 7 nitrogen and oxygen atoms in total. The van der Waals surface area contributed by atoms with Gasteiger partial charge in [-0.05, 0) is 62.3 Å². The molecule has 0 spiro atoms. The lowest BCUT2D eigenvalue weighted by molar-refractivity contribution is 0.0304. The second-order valence-corrected chi connectivity index (χ2v) is 8.70. The number of rotatable bonds is 4. The van der Waals surface area contributed by atoms with E-state index in [9.17, 15) is 5.11 Å². The van der Waals surface area contributed by atoms with Crippen LogP contribution in [0.3, 0.4) is 0 Å². The zero-order valence-corrected chi connectivity index (χ0v) is 17.0. The van der Waals surface area contributed by atoms with E-state index >= 15 is 0 Å². The van der Waals surface area contributed by atoms with Crippen LogP contribution in [0.5, 0.6) is 0 Å². The van der Waals surface area contributed by atoms with Crippen molar-refractivity contribution in [1.82, 2.24) is 29.4 Å². The summed E-state index contributed by atoms with van der Waals surface area (Å²) in [4.78, 5) is 6.59. The molecule has 1 aliphatic carbocycles. The van der Waals surface area contributed by atoms with Gasteiger partial charge in [0.25, 0.3) is 0 Å². The number of hydrogen-bond acceptors (Lipinski definition) is 5. The second-order valence-electron chi connectivity index (χ2n) is 8.70. The molecule has 2 aliphatic rings. The molecule has 1 saturated heterocycles. The Morgan fingerprint density at radius 2 is 1.93 bits per heavy atom. The van der Waals surface area contributed by atoms with E-state index in [1.54, 1.807) is 12.7 Å². The standard InChI is InChI=1S/C22H28N6O/c1-15-6-16(2)28(25-15)20-5-3-4-17(7-20)10-26-11-18-8-21(27-14-23-13-24-27)22(29)9-19(18)12-26/h3-7,13-14,18-19,21-22,29H,8-12H2,1-2H3/t18-,19+,21-,22-/m1/s1. The maximum absolute atomic E-state index is 10.6. The highest BCUT2D eigenvalue weighted by Crippen LogP contribution is 2.41. The molecular weight excluding hydrogens is 364 g/mol. The van der Waals surface area contributed by atoms with E-state index < -0.39 is 0 Å². The molecule has 1 aromatic carbocycles. The highest BCUT2D eigenvalue weighted by Gasteiger charge is 2.42. The summed E-state index contributed by atoms with van der Waals surface area (Å²) in [6, 6.07) is 10.8. The third-order valence-electron chi connectivity index (χ3n) is 6.53. The van der Waals surface area contributed by atoms with E-state index in [4.69, 9.17) is 0 Å². The van der Waals surface area contributed by atoms with Gasteiger partial charge >= 0.3 is 0 Å². The molecule has 29 heavy (non-hydrogen) atoms. The molecular formula is C22H28N6O. The smallest absolute Gasteiger partial charge is 0.137 e. The van der Waals surface area contributed by atoms with Crippen LogP contribution in [-0.4, -0.2) is 53.7 Å². The number of fused-ring (bicyclic) bond motifs is 1. The lowest BCUT2D eigenvalue weighted by Gasteiger charge is -2.35. The number of benzene rings is 1. The molecule has 4 atom stereocenters. The van der Waals surface area contributed by atoms with Crippen LogP contribution in [0.4, 0.5) is 0 Å². The minimum atomic E-state index is -0.341. The second kappa shape index (κ2) is 7.39. The van der Waals surface area contributed by atoms with Gasteiger partial charge in [0.1, 0.15) is 12.7 Å². The minimum Gasteiger partial charge on any atom is -0.391 e. The molecule has 0 bridgehead atoms. The zero-order chi connectivity index (χ0) is 20.0. The van der Waals surface area contributed by atoms with Gasteiger partial charge in [-0.15, -0.1) is 0 Å². The van der Waals surface area contributed by atoms with Crippen molar-refractivity contribution >= 4 is 0 Å². The number of aliphatic hydroxyl groups excluding tert-OH is 1. The molecule has 3 heterocycles. The predicted molar refractivity (Wildman–Crippen MR) is 110 cm³/mol. The van der Waals surface area contributed by atoms with Gasteiger partial charge in [0.2, 0.25) is 0 Å². The van der Waals surface area contributed by atoms with Crippen LogP contribution >= 0.6 is 0 Å². The fraction of sp³-hybridized carbons (Fsp3) is 0.500. The third kappa shape index (κ3) is 3.60. The first kappa shape index (κ1) is 18.5. The van der Waals surface area contributed by atoms with Crippen LogP contribution in [-0.2, 0) is 6.54 Å². The average molecular weight is 393 g/mol. The summed E-state index contributed by atoms with van der Waals surface area (Å²) < 4.78 is 3.85. The molecule has 0 unspecified atom stereocenters. The molecule has 2 aromatic heterocycles. The van der Waals surface area contributed by atoms with Crippen molar-refractivity contribution in [2.75, 3.05) is 13.1 Å². The normalized spacial score (nSPS) is 27.3. The van der Waals surface area contributed by atoms with Crippen molar-refractivity contribution in [3.63, 3.8) is 0 Å². The van der Waals surface area contributed by atoms with E-state index in [1.807, 2.05) is 16.3 Å². The van der Waals surface area contributed by atoms with Gasteiger partial charge in [-0.2, -0.15) is 10.2 Å². The molecule has 2 fully saturated rings. The number of hydrogen-bond donors (Lipinski definition) is 1. The van der Waals surface area contributed by atoms with Crippen LogP contribution < -0.4 is 0 Å². The molecule has 0 radical (unpaired) electrons. The summed E-state index contributed by atoms with van der Waals surface area (Å²) in [6.45, 7) is 7.18. The van der Waals surface area contributed by atoms with Gasteiger partial charge in [0.15, 0.2) is 0 Å². The van der Waals surface area contributed by atoms with Gasteiger partial charge in [-0.3, -0.25) is 4.90 Å². The fourth-order valence-electron chi connectivity index (χ4n) is 5.24. The summed E-state index contributed by atoms with van der Waals surface area (Å²) in [5.41, 5.74) is 4.62. The lowest BCUT2D eigenvalue weighted by atomic mass is 9.77. The maximum Gasteiger partial charge on any atom is 0.137 e. The Balaban J connectivity index is 1.28. The monoisotopic (exact) mass is 392 g/mol. The van der Waals surface area contributed by atoms with E-state index in [-0.39, 0.29) is 12.1 Å². The van der Waals surface area contributed by atoms with Gasteiger partial charge in [0.05, 0.1) is 23.5 Å². The first-order chi connectivity index (χ1) is 14.1. The third-order valence-corrected chi connectivity index (χ3v) is 6.53. The Morgan fingerprint density at radius 3 is 2.66 bits per heavy atom. The molecule has 1 saturated carbocycles. The van der Waals surface area contributed by atoms with Crippen molar-refractivity contribution in [3.05, 3.63) is 59.9 Å². The fourth-order valence-corrected chi connectivity index (χ4v) is 5.24. The van der Waals surface area contributed by atoms with E-state index in [1.165, 1.54) is 5.56 Å². The van der Waals surface area contributed by atoms with Crippen molar-refractivity contribution in [2.45, 2.75) is 45.4 Å². The molecule has 5 rings (SSSR count). The van der Waals surface area contributed by atoms with Crippen molar-refractivity contribution in [3.8, 4) is 5.69 Å². The number of likely N-dealkylation sites (tertiary alicyclic amines) is 1. The molecule has 3 aromatic rings. The first-order valence-corrected chi connectivity index (χ1v) is 10.4. The zero-order valence-electron chi connectivity index (χ0n) is 17.0. The molecule has 0 amide bonds. The van der Waals surface area contributed by atoms with Crippen LogP contribution in [0, 0.1) is 25.7 Å². The topological polar surface area (TPSA) is 72.0 Å². The summed E-state index contributed by atoms with van der Waals surface area (Å²) in [6.07, 6.45) is 4.75. The van der Waals surface area contributed by atoms with Crippen LogP contribution in [0.15, 0.2) is 43.0 Å². The molecule has 7 heteroatoms. The summed E-state index contributed by atoms with van der Waals surface area (Å²) in [5, 5.41) is 19.5. The number of nitrogens with zero attached hydrogens (tertiary/aromatic N) is 6. The number of aryl methyl sites for hydroxylation is 2. The minimum absolute atomic E-state index is 0.0491. The summed E-state index contributed by atoms with van der Waals surface area (Å²) in [5.74, 6) is 1.16. The highest BCUT2D eigenvalue weighted by molar-refractivity contribution is 5.37. The van der Waals surface area contributed by atoms with Gasteiger partial charge < -0.3 is 5.11 Å². The summed E-state index contributed by atoms with van der Waals surface area (Å²) in [7, 11) is 0. The van der Waals surface area contributed by atoms with Crippen molar-refractivity contribution in [2.24, 2.45) is 11.8 Å². The van der Waals surface area contributed by atoms with E-state index in [0.717, 1.165) is 49.6 Å². The van der Waals surface area contributed by atoms with Gasteiger partial charge in [-0.25, -0.2) is 14.3 Å². The lowest BCUT2D eigenvalue weighted by Crippen LogP contribution is -2.36. The Morgan fingerprint density at radius 1 is 1.10 bits per heavy atom. The average Bonchev–Trinajstić information content (AvgIpc) is 3.41. The largest absolute Gasteiger partial charge is 0.391 e. The van der Waals surface area contributed by atoms with E-state index in [2.05, 4.69) is 57.3 Å². The van der Waals surface area contributed by atoms with Crippen LogP contribution in [0.2, 0.25) is 0 Å². The molecule has 1 aliphatic heterocycles. The Labute approximate surface area is 171 Å². The maximum atomic E-state index is 10.6. The Kier molecular flexibility index (Phi) is 4.72. The quantitative estimate of drug-likeness (QED) is 0.739. The number of aromatic nitrogens is 5. The summed E-state index contributed by atoms with van der Waals surface area (Å²) >= 11 is 0. The van der Waals surface area contributed by atoms with Gasteiger partial charge in [-0.1, -0.05) is 12.1 Å². The highest BCUT2D eigenvalue weighted by atomic mass is 16.3. The molecule has 1 N–H and O–H groups in total. The van der Waals surface area contributed by atoms with Gasteiger partial charge in [0, 0.05) is 25.3 Å². The number of aliphatic hydroxyl groups is 1. The first-order valence-electron chi connectivity index (χ1n) is 10.4. The van der Waals surface area contributed by atoms with Crippen molar-refractivity contribution < 1.29 is 5.11 Å². The Bertz CT molecular complexity index is 981. The molecule has 152 valence electrons. The SMILES string of the molecule is Cc1cc(C)n(-c2cccc(CN3C[C@H]4C[C@@H](n5cncn5)[C@H](O)C[C@H]4C3)c2)n1.